The van der Waals surface area contributed by atoms with Crippen LogP contribution in [0.2, 0.25) is 0 Å². The van der Waals surface area contributed by atoms with Crippen LogP contribution in [0.3, 0.4) is 0 Å². The summed E-state index contributed by atoms with van der Waals surface area (Å²) in [5.74, 6) is -0.111. The third-order valence-corrected chi connectivity index (χ3v) is 7.46. The van der Waals surface area contributed by atoms with Gasteiger partial charge < -0.3 is 20.1 Å². The Balaban J connectivity index is 1.64. The average molecular weight is 535 g/mol. The van der Waals surface area contributed by atoms with Gasteiger partial charge in [-0.25, -0.2) is 5.01 Å². The molecule has 0 bridgehead atoms. The summed E-state index contributed by atoms with van der Waals surface area (Å²) in [6.07, 6.45) is 1.96. The first-order valence-corrected chi connectivity index (χ1v) is 12.7. The number of hydrogen-bond donors (Lipinski definition) is 3. The quantitative estimate of drug-likeness (QED) is 0.226. The van der Waals surface area contributed by atoms with E-state index >= 15 is 0 Å². The van der Waals surface area contributed by atoms with Crippen molar-refractivity contribution in [2.45, 2.75) is 31.7 Å². The molecule has 0 radical (unpaired) electrons. The summed E-state index contributed by atoms with van der Waals surface area (Å²) in [4.78, 5) is 25.8. The summed E-state index contributed by atoms with van der Waals surface area (Å²) in [6.45, 7) is 5.97. The lowest BCUT2D eigenvalue weighted by atomic mass is 9.75. The van der Waals surface area contributed by atoms with Crippen LogP contribution in [-0.2, 0) is 11.0 Å². The van der Waals surface area contributed by atoms with E-state index in [0.717, 1.165) is 5.56 Å². The second-order valence-electron chi connectivity index (χ2n) is 11.0. The molecule has 0 aliphatic carbocycles. The van der Waals surface area contributed by atoms with Gasteiger partial charge >= 0.3 is 0 Å². The minimum absolute atomic E-state index is 0.0320. The monoisotopic (exact) mass is 534 g/mol. The van der Waals surface area contributed by atoms with Crippen molar-refractivity contribution < 1.29 is 29.6 Å². The molecule has 2 aliphatic heterocycles. The van der Waals surface area contributed by atoms with E-state index < -0.39 is 11.4 Å². The minimum Gasteiger partial charge on any atom is -0.508 e. The number of nitrogens with zero attached hydrogens (tertiary/aromatic N) is 2. The van der Waals surface area contributed by atoms with Crippen molar-refractivity contribution in [2.75, 3.05) is 0 Å². The summed E-state index contributed by atoms with van der Waals surface area (Å²) in [5.41, 5.74) is 1.73. The van der Waals surface area contributed by atoms with Gasteiger partial charge in [0.15, 0.2) is 6.29 Å². The first-order valence-electron chi connectivity index (χ1n) is 12.7. The fourth-order valence-electron chi connectivity index (χ4n) is 5.50. The number of carbonyl (C=O) groups is 2. The number of amides is 1. The molecule has 2 aliphatic rings. The highest BCUT2D eigenvalue weighted by Crippen LogP contribution is 2.58. The van der Waals surface area contributed by atoms with E-state index in [4.69, 9.17) is 4.74 Å². The maximum Gasteiger partial charge on any atom is 0.275 e. The number of ether oxygens (including phenoxy) is 1. The number of carbonyl (C=O) groups excluding carboxylic acids is 2. The lowest BCUT2D eigenvalue weighted by Crippen LogP contribution is -2.44. The summed E-state index contributed by atoms with van der Waals surface area (Å²) >= 11 is 0. The summed E-state index contributed by atoms with van der Waals surface area (Å²) in [7, 11) is 0. The molecule has 1 spiro atoms. The van der Waals surface area contributed by atoms with Crippen molar-refractivity contribution in [3.05, 3.63) is 112 Å². The number of aromatic hydroxyl groups is 3. The predicted octanol–water partition coefficient (Wildman–Crippen LogP) is 5.80. The molecular weight excluding hydrogens is 508 g/mol. The van der Waals surface area contributed by atoms with Crippen LogP contribution in [0, 0.1) is 0 Å². The van der Waals surface area contributed by atoms with E-state index in [2.05, 4.69) is 5.10 Å². The zero-order valence-corrected chi connectivity index (χ0v) is 22.0. The van der Waals surface area contributed by atoms with E-state index in [1.165, 1.54) is 35.5 Å². The van der Waals surface area contributed by atoms with E-state index in [-0.39, 0.29) is 33.8 Å². The SMILES string of the molecule is CC(C)(C)c1cc(C=O)c(O)c(/C=N/N2C(=O)c3ccccc3C23c2ccc(O)cc2Oc2cc(O)ccc23)c1. The molecule has 8 nitrogen and oxygen atoms in total. The van der Waals surface area contributed by atoms with Crippen molar-refractivity contribution in [3.63, 3.8) is 0 Å². The first-order chi connectivity index (χ1) is 19.0. The lowest BCUT2D eigenvalue weighted by Gasteiger charge is -2.41. The predicted molar refractivity (Wildman–Crippen MR) is 149 cm³/mol. The molecule has 8 heteroatoms. The standard InChI is InChI=1S/C32H26N2O6/c1-31(2,3)20-12-18(29(38)19(13-20)17-35)16-33-34-30(39)23-6-4-5-7-24(23)32(34)25-10-8-21(36)14-27(25)40-28-15-22(37)9-11-26(28)32/h4-17,36-38H,1-3H3/b33-16+. The zero-order chi connectivity index (χ0) is 28.4. The third-order valence-electron chi connectivity index (χ3n) is 7.46. The highest BCUT2D eigenvalue weighted by molar-refractivity contribution is 6.03. The summed E-state index contributed by atoms with van der Waals surface area (Å²) < 4.78 is 6.10. The van der Waals surface area contributed by atoms with E-state index in [1.807, 2.05) is 32.9 Å². The smallest absolute Gasteiger partial charge is 0.275 e. The molecule has 0 aromatic heterocycles. The Morgan fingerprint density at radius 2 is 1.43 bits per heavy atom. The van der Waals surface area contributed by atoms with Crippen LogP contribution in [0.25, 0.3) is 0 Å². The van der Waals surface area contributed by atoms with Gasteiger partial charge in [0.1, 0.15) is 34.3 Å². The van der Waals surface area contributed by atoms with E-state index in [1.54, 1.807) is 36.4 Å². The maximum absolute atomic E-state index is 14.0. The second-order valence-corrected chi connectivity index (χ2v) is 11.0. The third kappa shape index (κ3) is 3.56. The highest BCUT2D eigenvalue weighted by atomic mass is 16.5. The number of phenolic OH excluding ortho intramolecular Hbond substituents is 3. The molecule has 0 saturated heterocycles. The molecule has 4 aromatic rings. The molecule has 0 unspecified atom stereocenters. The fourth-order valence-corrected chi connectivity index (χ4v) is 5.50. The molecule has 200 valence electrons. The van der Waals surface area contributed by atoms with Crippen molar-refractivity contribution >= 4 is 18.4 Å². The lowest BCUT2D eigenvalue weighted by molar-refractivity contribution is 0.0675. The van der Waals surface area contributed by atoms with E-state index in [9.17, 15) is 24.9 Å². The molecule has 6 rings (SSSR count). The zero-order valence-electron chi connectivity index (χ0n) is 22.0. The second kappa shape index (κ2) is 8.71. The Bertz CT molecular complexity index is 1700. The summed E-state index contributed by atoms with van der Waals surface area (Å²) in [6, 6.07) is 19.8. The Morgan fingerprint density at radius 1 is 0.825 bits per heavy atom. The molecule has 1 amide bonds. The molecule has 0 saturated carbocycles. The Hall–Kier alpha value is -5.11. The molecule has 0 fully saturated rings. The fraction of sp³-hybridized carbons (Fsp3) is 0.156. The number of hydrogen-bond acceptors (Lipinski definition) is 7. The van der Waals surface area contributed by atoms with Gasteiger partial charge in [0, 0.05) is 39.9 Å². The first kappa shape index (κ1) is 25.2. The van der Waals surface area contributed by atoms with Crippen LogP contribution < -0.4 is 4.74 Å². The topological polar surface area (TPSA) is 120 Å². The van der Waals surface area contributed by atoms with E-state index in [0.29, 0.717) is 40.0 Å². The molecule has 2 heterocycles. The van der Waals surface area contributed by atoms with Crippen molar-refractivity contribution in [1.82, 2.24) is 5.01 Å². The van der Waals surface area contributed by atoms with Gasteiger partial charge in [0.05, 0.1) is 11.8 Å². The highest BCUT2D eigenvalue weighted by Gasteiger charge is 2.57. The Morgan fingerprint density at radius 3 is 2.02 bits per heavy atom. The maximum atomic E-state index is 14.0. The molecule has 3 N–H and O–H groups in total. The normalized spacial score (nSPS) is 15.1. The van der Waals surface area contributed by atoms with Crippen LogP contribution in [0.15, 0.2) is 77.9 Å². The van der Waals surface area contributed by atoms with Gasteiger partial charge in [-0.15, -0.1) is 0 Å². The average Bonchev–Trinajstić information content (AvgIpc) is 3.15. The Kier molecular flexibility index (Phi) is 5.48. The number of benzene rings is 4. The van der Waals surface area contributed by atoms with Gasteiger partial charge in [-0.2, -0.15) is 5.10 Å². The van der Waals surface area contributed by atoms with Crippen LogP contribution >= 0.6 is 0 Å². The number of fused-ring (bicyclic) bond motifs is 6. The van der Waals surface area contributed by atoms with Crippen LogP contribution in [-0.4, -0.2) is 38.7 Å². The van der Waals surface area contributed by atoms with Gasteiger partial charge in [-0.05, 0) is 53.4 Å². The molecule has 0 atom stereocenters. The summed E-state index contributed by atoms with van der Waals surface area (Å²) in [5, 5.41) is 37.4. The van der Waals surface area contributed by atoms with Gasteiger partial charge in [-0.1, -0.05) is 39.0 Å². The molecular formula is C32H26N2O6. The van der Waals surface area contributed by atoms with Crippen LogP contribution in [0.1, 0.15) is 69.3 Å². The van der Waals surface area contributed by atoms with Crippen LogP contribution in [0.5, 0.6) is 28.7 Å². The number of aldehydes is 1. The number of hydrazone groups is 1. The number of phenols is 3. The van der Waals surface area contributed by atoms with Crippen molar-refractivity contribution in [2.24, 2.45) is 5.10 Å². The minimum atomic E-state index is -1.32. The van der Waals surface area contributed by atoms with Crippen molar-refractivity contribution in [3.8, 4) is 28.7 Å². The van der Waals surface area contributed by atoms with Crippen LogP contribution in [0.4, 0.5) is 0 Å². The Labute approximate surface area is 230 Å². The molecule has 40 heavy (non-hydrogen) atoms. The largest absolute Gasteiger partial charge is 0.508 e. The molecule has 4 aromatic carbocycles. The van der Waals surface area contributed by atoms with Gasteiger partial charge in [0.25, 0.3) is 5.91 Å². The van der Waals surface area contributed by atoms with Gasteiger partial charge in [-0.3, -0.25) is 9.59 Å². The van der Waals surface area contributed by atoms with Crippen molar-refractivity contribution in [1.29, 1.82) is 0 Å². The number of rotatable bonds is 3. The van der Waals surface area contributed by atoms with Gasteiger partial charge in [0.2, 0.25) is 0 Å².